The van der Waals surface area contributed by atoms with Gasteiger partial charge in [-0.15, -0.1) is 0 Å². The van der Waals surface area contributed by atoms with E-state index in [0.29, 0.717) is 75.6 Å². The number of aliphatic hydroxyl groups excluding tert-OH is 1. The third kappa shape index (κ3) is 12.6. The maximum absolute atomic E-state index is 10.8. The Morgan fingerprint density at radius 1 is 0.676 bits per heavy atom. The highest BCUT2D eigenvalue weighted by Crippen LogP contribution is 2.44. The van der Waals surface area contributed by atoms with Crippen LogP contribution in [0, 0.1) is 0 Å². The van der Waals surface area contributed by atoms with Crippen molar-refractivity contribution in [2.75, 3.05) is 96.1 Å². The van der Waals surface area contributed by atoms with E-state index in [-0.39, 0.29) is 37.0 Å². The number of halogens is 2. The van der Waals surface area contributed by atoms with Crippen molar-refractivity contribution in [1.29, 1.82) is 0 Å². The summed E-state index contributed by atoms with van der Waals surface area (Å²) < 4.78 is 79.3. The average molecular weight is 1110 g/mol. The van der Waals surface area contributed by atoms with Gasteiger partial charge in [-0.05, 0) is 62.9 Å². The number of hydrogen-bond acceptors (Lipinski definition) is 25. The molecule has 2 aromatic carbocycles. The Balaban J connectivity index is 0.000000247. The van der Waals surface area contributed by atoms with Crippen LogP contribution in [0.15, 0.2) is 37.8 Å². The number of thiophene rings is 2. The van der Waals surface area contributed by atoms with E-state index in [9.17, 15) is 21.9 Å². The summed E-state index contributed by atoms with van der Waals surface area (Å²) in [6.07, 6.45) is 0. The third-order valence-electron chi connectivity index (χ3n) is 9.36. The quantitative estimate of drug-likeness (QED) is 0.0237. The fraction of sp³-hybridized carbons (Fsp3) is 0.324. The largest absolute Gasteiger partial charge is 0.495 e. The molecule has 22 nitrogen and oxygen atoms in total. The van der Waals surface area contributed by atoms with Crippen molar-refractivity contribution in [3.63, 3.8) is 0 Å². The number of nitrogens with one attached hydrogen (secondary N) is 2. The Hall–Kier alpha value is -4.66. The number of ether oxygens (including phenoxy) is 2. The fourth-order valence-electron chi connectivity index (χ4n) is 6.16. The van der Waals surface area contributed by atoms with Crippen molar-refractivity contribution in [3.8, 4) is 11.5 Å². The molecule has 13 N–H and O–H groups in total. The summed E-state index contributed by atoms with van der Waals surface area (Å²) in [6, 6.07) is 7.42. The molecule has 0 saturated heterocycles. The van der Waals surface area contributed by atoms with Crippen molar-refractivity contribution in [2.24, 2.45) is 0 Å². The standard InChI is InChI=1S/C27H41N9O3S.2C5H3ClN2O3S3/c1-7-35(8-2)21-15-19(17(28)13-23(21)38-5)30-25-32-26(34-27(33-25)40-12-11-37)31-20-16-22(36(9-3)10-4)24(39-6)14-18(20)29;2*6-2-1-3(7)13-8-4(1)12-5(2)14(9,10)11/h13-16,37H,7-12,28-29H2,1-6H3,(H2,30,31,32,33,34);2*7H2,(H,9,10,11). The van der Waals surface area contributed by atoms with Crippen LogP contribution in [0.4, 0.5) is 56.0 Å². The molecule has 0 bridgehead atoms. The van der Waals surface area contributed by atoms with Crippen molar-refractivity contribution in [3.05, 3.63) is 34.3 Å². The average Bonchev–Trinajstić information content (AvgIpc) is 4.05. The highest BCUT2D eigenvalue weighted by atomic mass is 35.5. The van der Waals surface area contributed by atoms with E-state index in [2.05, 4.69) is 71.8 Å². The number of aromatic nitrogens is 5. The van der Waals surface area contributed by atoms with Gasteiger partial charge in [-0.25, -0.2) is 0 Å². The second-order valence-corrected chi connectivity index (χ2v) is 22.1. The van der Waals surface area contributed by atoms with Gasteiger partial charge in [-0.1, -0.05) is 57.6 Å². The predicted octanol–water partition coefficient (Wildman–Crippen LogP) is 8.00. The zero-order valence-corrected chi connectivity index (χ0v) is 44.1. The maximum atomic E-state index is 10.8. The highest BCUT2D eigenvalue weighted by molar-refractivity contribution is 7.99. The smallest absolute Gasteiger partial charge is 0.305 e. The molecule has 0 spiro atoms. The second-order valence-electron chi connectivity index (χ2n) is 13.5. The van der Waals surface area contributed by atoms with Crippen molar-refractivity contribution in [2.45, 2.75) is 41.3 Å². The van der Waals surface area contributed by atoms with Gasteiger partial charge in [0.05, 0.1) is 75.8 Å². The van der Waals surface area contributed by atoms with E-state index >= 15 is 0 Å². The van der Waals surface area contributed by atoms with Crippen LogP contribution in [0.3, 0.4) is 0 Å². The van der Waals surface area contributed by atoms with Gasteiger partial charge in [0, 0.05) is 44.1 Å². The molecule has 0 fully saturated rings. The summed E-state index contributed by atoms with van der Waals surface area (Å²) in [5.74, 6) is 2.37. The van der Waals surface area contributed by atoms with Crippen LogP contribution in [-0.2, 0) is 20.2 Å². The maximum Gasteiger partial charge on any atom is 0.305 e. The molecule has 0 atom stereocenters. The minimum atomic E-state index is -4.29. The summed E-state index contributed by atoms with van der Waals surface area (Å²) in [6.45, 7) is 11.5. The second kappa shape index (κ2) is 23.3. The number of nitrogens with zero attached hydrogens (tertiary/aromatic N) is 7. The number of fused-ring (bicyclic) bond motifs is 2. The lowest BCUT2D eigenvalue weighted by Gasteiger charge is -2.25. The van der Waals surface area contributed by atoms with Crippen LogP contribution in [0.1, 0.15) is 27.7 Å². The van der Waals surface area contributed by atoms with E-state index in [1.165, 1.54) is 11.8 Å². The topological polar surface area (TPSA) is 346 Å². The Labute approximate surface area is 421 Å². The predicted molar refractivity (Wildman–Crippen MR) is 280 cm³/mol. The lowest BCUT2D eigenvalue weighted by atomic mass is 10.2. The lowest BCUT2D eigenvalue weighted by Crippen LogP contribution is -2.22. The number of nitrogens with two attached hydrogens (primary N) is 4. The monoisotopic (exact) mass is 1110 g/mol. The number of methoxy groups -OCH3 is 2. The first-order valence-corrected chi connectivity index (χ1v) is 27.5. The van der Waals surface area contributed by atoms with E-state index in [4.69, 9.17) is 64.7 Å². The first-order chi connectivity index (χ1) is 32.1. The van der Waals surface area contributed by atoms with Gasteiger partial charge in [0.2, 0.25) is 11.9 Å². The minimum absolute atomic E-state index is 0.0147. The number of benzene rings is 2. The molecule has 0 radical (unpaired) electrons. The molecular weight excluding hydrogens is 1070 g/mol. The van der Waals surface area contributed by atoms with Crippen LogP contribution in [0.25, 0.3) is 20.4 Å². The Morgan fingerprint density at radius 3 is 1.37 bits per heavy atom. The molecule has 68 heavy (non-hydrogen) atoms. The molecule has 5 heterocycles. The van der Waals surface area contributed by atoms with Crippen molar-refractivity contribution >= 4 is 177 Å². The highest BCUT2D eigenvalue weighted by Gasteiger charge is 2.25. The summed E-state index contributed by atoms with van der Waals surface area (Å²) in [7, 11) is -5.32. The molecule has 7 aromatic rings. The van der Waals surface area contributed by atoms with E-state index in [1.807, 2.05) is 12.1 Å². The van der Waals surface area contributed by atoms with Gasteiger partial charge < -0.3 is 57.9 Å². The normalized spacial score (nSPS) is 11.5. The first kappa shape index (κ1) is 54.3. The Morgan fingerprint density at radius 2 is 1.06 bits per heavy atom. The van der Waals surface area contributed by atoms with Crippen LogP contribution >= 0.6 is 80.7 Å². The van der Waals surface area contributed by atoms with Gasteiger partial charge in [0.25, 0.3) is 0 Å². The molecule has 0 aliphatic carbocycles. The molecule has 0 saturated carbocycles. The molecule has 7 rings (SSSR count). The van der Waals surface area contributed by atoms with Gasteiger partial charge in [0.15, 0.2) is 13.6 Å². The number of thioether (sulfide) groups is 1. The number of anilines is 10. The van der Waals surface area contributed by atoms with E-state index in [1.54, 1.807) is 26.4 Å². The zero-order chi connectivity index (χ0) is 50.2. The van der Waals surface area contributed by atoms with Crippen molar-refractivity contribution in [1.82, 2.24) is 23.7 Å². The lowest BCUT2D eigenvalue weighted by molar-refractivity contribution is 0.322. The molecule has 0 aliphatic rings. The van der Waals surface area contributed by atoms with Crippen LogP contribution < -0.4 is 52.8 Å². The molecule has 31 heteroatoms. The molecule has 5 aromatic heterocycles. The fourth-order valence-corrected chi connectivity index (χ4v) is 13.3. The SMILES string of the molecule is CCN(CC)c1cc(Nc2nc(Nc3cc(N(CC)CC)c(OC)cc3N)nc(SCCO)n2)c(N)cc1OC.Nc1snc2sc(S(=O)(=O)O)c(Cl)c12.Nc1snc2sc(S(=O)(=O)O)c(Cl)c12. The third-order valence-corrected chi connectivity index (χ3v) is 17.8. The van der Waals surface area contributed by atoms with E-state index < -0.39 is 20.2 Å². The first-order valence-electron chi connectivity index (χ1n) is 19.7. The Kier molecular flexibility index (Phi) is 18.6. The zero-order valence-electron chi connectivity index (χ0n) is 36.9. The van der Waals surface area contributed by atoms with Gasteiger partial charge in [-0.3, -0.25) is 9.11 Å². The number of aliphatic hydroxyl groups is 1. The number of hydrogen-bond donors (Lipinski definition) is 9. The molecular formula is C37H47Cl2N13O9S7. The molecule has 0 unspecified atom stereocenters. The van der Waals surface area contributed by atoms with Crippen LogP contribution in [-0.4, -0.2) is 108 Å². The summed E-state index contributed by atoms with van der Waals surface area (Å²) in [4.78, 5) is 18.9. The summed E-state index contributed by atoms with van der Waals surface area (Å²) >= 11 is 16.5. The van der Waals surface area contributed by atoms with Crippen LogP contribution in [0.2, 0.25) is 10.0 Å². The van der Waals surface area contributed by atoms with Gasteiger partial charge >= 0.3 is 20.2 Å². The summed E-state index contributed by atoms with van der Waals surface area (Å²) in [5, 5.41) is 17.7. The molecule has 0 amide bonds. The van der Waals surface area contributed by atoms with Crippen LogP contribution in [0.5, 0.6) is 11.5 Å². The minimum Gasteiger partial charge on any atom is -0.495 e. The molecule has 0 aliphatic heterocycles. The number of rotatable bonds is 17. The van der Waals surface area contributed by atoms with Gasteiger partial charge in [-0.2, -0.15) is 40.5 Å². The molecule has 370 valence electrons. The van der Waals surface area contributed by atoms with E-state index in [0.717, 1.165) is 83.3 Å². The van der Waals surface area contributed by atoms with Crippen molar-refractivity contribution < 1.29 is 40.5 Å². The summed E-state index contributed by atoms with van der Waals surface area (Å²) in [5.41, 5.74) is 27.9. The Bertz CT molecular complexity index is 2910. The number of nitrogen functional groups attached to an aromatic ring is 4. The van der Waals surface area contributed by atoms with Gasteiger partial charge in [0.1, 0.15) is 31.2 Å².